The van der Waals surface area contributed by atoms with Crippen LogP contribution in [0.5, 0.6) is 0 Å². The van der Waals surface area contributed by atoms with Crippen molar-refractivity contribution in [1.82, 2.24) is 9.55 Å². The molecule has 18 heavy (non-hydrogen) atoms. The average Bonchev–Trinajstić information content (AvgIpc) is 2.77. The maximum atomic E-state index is 12.4. The van der Waals surface area contributed by atoms with E-state index in [4.69, 9.17) is 23.8 Å². The second kappa shape index (κ2) is 4.35. The number of benzene rings is 1. The van der Waals surface area contributed by atoms with Crippen molar-refractivity contribution >= 4 is 45.4 Å². The van der Waals surface area contributed by atoms with Crippen molar-refractivity contribution in [2.45, 2.75) is 0 Å². The number of nitrogens with one attached hydrogen (secondary N) is 1. The third-order valence-corrected chi connectivity index (χ3v) is 3.94. The number of nitrogens with zero attached hydrogens (tertiary/aromatic N) is 1. The molecule has 3 aromatic rings. The molecule has 0 amide bonds. The number of thiophene rings is 1. The number of halogens is 1. The molecule has 0 spiro atoms. The van der Waals surface area contributed by atoms with Crippen LogP contribution in [-0.4, -0.2) is 9.55 Å². The second-order valence-corrected chi connectivity index (χ2v) is 5.45. The highest BCUT2D eigenvalue weighted by Gasteiger charge is 2.08. The van der Waals surface area contributed by atoms with E-state index in [0.29, 0.717) is 20.9 Å². The largest absolute Gasteiger partial charge is 0.323 e. The molecule has 0 saturated heterocycles. The van der Waals surface area contributed by atoms with Crippen LogP contribution in [0.3, 0.4) is 0 Å². The smallest absolute Gasteiger partial charge is 0.267 e. The average molecular weight is 295 g/mol. The standard InChI is InChI=1S/C12H7ClN2OS2/c13-7-2-1-3-8(6-7)15-11(16)9-4-5-18-10(9)14-12(15)17/h1-6H,(H,14,17). The molecular formula is C12H7ClN2OS2. The number of H-pyrrole nitrogens is 1. The molecule has 2 heterocycles. The fraction of sp³-hybridized carbons (Fsp3) is 0. The number of hydrogen-bond donors (Lipinski definition) is 1. The van der Waals surface area contributed by atoms with Crippen LogP contribution in [0.2, 0.25) is 5.02 Å². The lowest BCUT2D eigenvalue weighted by Crippen LogP contribution is -2.19. The molecule has 0 bridgehead atoms. The summed E-state index contributed by atoms with van der Waals surface area (Å²) in [7, 11) is 0. The lowest BCUT2D eigenvalue weighted by Gasteiger charge is -2.06. The highest BCUT2D eigenvalue weighted by Crippen LogP contribution is 2.17. The van der Waals surface area contributed by atoms with Crippen molar-refractivity contribution in [2.75, 3.05) is 0 Å². The van der Waals surface area contributed by atoms with E-state index in [1.54, 1.807) is 30.3 Å². The third kappa shape index (κ3) is 1.80. The van der Waals surface area contributed by atoms with Crippen LogP contribution >= 0.6 is 35.2 Å². The number of aromatic amines is 1. The summed E-state index contributed by atoms with van der Waals surface area (Å²) in [4.78, 5) is 16.2. The summed E-state index contributed by atoms with van der Waals surface area (Å²) in [6, 6.07) is 8.84. The zero-order valence-electron chi connectivity index (χ0n) is 9.01. The lowest BCUT2D eigenvalue weighted by molar-refractivity contribution is 0.943. The molecular weight excluding hydrogens is 288 g/mol. The number of fused-ring (bicyclic) bond motifs is 1. The summed E-state index contributed by atoms with van der Waals surface area (Å²) in [6.07, 6.45) is 0. The maximum Gasteiger partial charge on any atom is 0.267 e. The van der Waals surface area contributed by atoms with E-state index in [-0.39, 0.29) is 5.56 Å². The first kappa shape index (κ1) is 11.6. The minimum absolute atomic E-state index is 0.128. The van der Waals surface area contributed by atoms with Gasteiger partial charge in [0.1, 0.15) is 4.83 Å². The molecule has 0 fully saturated rings. The van der Waals surface area contributed by atoms with E-state index < -0.39 is 0 Å². The third-order valence-electron chi connectivity index (χ3n) is 2.59. The van der Waals surface area contributed by atoms with Gasteiger partial charge in [-0.3, -0.25) is 9.36 Å². The zero-order chi connectivity index (χ0) is 12.7. The highest BCUT2D eigenvalue weighted by atomic mass is 35.5. The molecule has 6 heteroatoms. The first-order valence-corrected chi connectivity index (χ1v) is 6.82. The number of rotatable bonds is 1. The van der Waals surface area contributed by atoms with Gasteiger partial charge < -0.3 is 4.98 Å². The summed E-state index contributed by atoms with van der Waals surface area (Å²) >= 11 is 12.6. The Hall–Kier alpha value is -1.43. The maximum absolute atomic E-state index is 12.4. The Morgan fingerprint density at radius 1 is 1.33 bits per heavy atom. The molecule has 0 unspecified atom stereocenters. The zero-order valence-corrected chi connectivity index (χ0v) is 11.4. The van der Waals surface area contributed by atoms with Gasteiger partial charge in [0.25, 0.3) is 5.56 Å². The summed E-state index contributed by atoms with van der Waals surface area (Å²) in [5.74, 6) is 0. The summed E-state index contributed by atoms with van der Waals surface area (Å²) in [5.41, 5.74) is 0.541. The van der Waals surface area contributed by atoms with Crippen LogP contribution in [-0.2, 0) is 0 Å². The van der Waals surface area contributed by atoms with Crippen molar-refractivity contribution in [3.05, 3.63) is 55.9 Å². The van der Waals surface area contributed by atoms with E-state index in [1.165, 1.54) is 15.9 Å². The van der Waals surface area contributed by atoms with Crippen LogP contribution in [0.1, 0.15) is 0 Å². The van der Waals surface area contributed by atoms with Crippen LogP contribution in [0.25, 0.3) is 15.9 Å². The van der Waals surface area contributed by atoms with Gasteiger partial charge in [-0.15, -0.1) is 11.3 Å². The minimum Gasteiger partial charge on any atom is -0.323 e. The van der Waals surface area contributed by atoms with Crippen LogP contribution in [0.4, 0.5) is 0 Å². The molecule has 3 rings (SSSR count). The van der Waals surface area contributed by atoms with Gasteiger partial charge in [-0.2, -0.15) is 0 Å². The predicted octanol–water partition coefficient (Wildman–Crippen LogP) is 3.76. The van der Waals surface area contributed by atoms with Crippen molar-refractivity contribution in [1.29, 1.82) is 0 Å². The molecule has 0 aliphatic heterocycles. The molecule has 1 N–H and O–H groups in total. The SMILES string of the molecule is O=c1c2ccsc2[nH]c(=S)n1-c1cccc(Cl)c1. The van der Waals surface area contributed by atoms with Crippen LogP contribution in [0.15, 0.2) is 40.5 Å². The van der Waals surface area contributed by atoms with Gasteiger partial charge >= 0.3 is 0 Å². The first-order valence-electron chi connectivity index (χ1n) is 5.15. The fourth-order valence-electron chi connectivity index (χ4n) is 1.79. The summed E-state index contributed by atoms with van der Waals surface area (Å²) < 4.78 is 1.83. The highest BCUT2D eigenvalue weighted by molar-refractivity contribution is 7.71. The van der Waals surface area contributed by atoms with Gasteiger partial charge in [0, 0.05) is 5.02 Å². The molecule has 3 nitrogen and oxygen atoms in total. The van der Waals surface area contributed by atoms with Gasteiger partial charge in [0.2, 0.25) is 0 Å². The van der Waals surface area contributed by atoms with E-state index >= 15 is 0 Å². The van der Waals surface area contributed by atoms with Crippen molar-refractivity contribution in [3.63, 3.8) is 0 Å². The molecule has 0 atom stereocenters. The Morgan fingerprint density at radius 3 is 2.94 bits per heavy atom. The van der Waals surface area contributed by atoms with Gasteiger partial charge in [-0.05, 0) is 41.9 Å². The topological polar surface area (TPSA) is 37.8 Å². The van der Waals surface area contributed by atoms with Crippen molar-refractivity contribution in [2.24, 2.45) is 0 Å². The Labute approximate surface area is 116 Å². The van der Waals surface area contributed by atoms with Crippen molar-refractivity contribution < 1.29 is 0 Å². The molecule has 0 aliphatic rings. The number of hydrogen-bond acceptors (Lipinski definition) is 3. The summed E-state index contributed by atoms with van der Waals surface area (Å²) in [6.45, 7) is 0. The molecule has 0 aliphatic carbocycles. The Balaban J connectivity index is 2.42. The number of aromatic nitrogens is 2. The second-order valence-electron chi connectivity index (χ2n) is 3.71. The van der Waals surface area contributed by atoms with Crippen LogP contribution < -0.4 is 5.56 Å². The van der Waals surface area contributed by atoms with Gasteiger partial charge in [-0.25, -0.2) is 0 Å². The van der Waals surface area contributed by atoms with Gasteiger partial charge in [-0.1, -0.05) is 17.7 Å². The monoisotopic (exact) mass is 294 g/mol. The summed E-state index contributed by atoms with van der Waals surface area (Å²) in [5, 5.41) is 3.06. The normalized spacial score (nSPS) is 10.9. The van der Waals surface area contributed by atoms with E-state index in [9.17, 15) is 4.79 Å². The molecule has 0 radical (unpaired) electrons. The van der Waals surface area contributed by atoms with Crippen molar-refractivity contribution in [3.8, 4) is 5.69 Å². The first-order chi connectivity index (χ1) is 8.66. The Kier molecular flexibility index (Phi) is 2.81. The fourth-order valence-corrected chi connectivity index (χ4v) is 3.11. The van der Waals surface area contributed by atoms with Gasteiger partial charge in [0.05, 0.1) is 11.1 Å². The molecule has 0 saturated carbocycles. The predicted molar refractivity (Wildman–Crippen MR) is 77.6 cm³/mol. The minimum atomic E-state index is -0.128. The lowest BCUT2D eigenvalue weighted by atomic mass is 10.3. The van der Waals surface area contributed by atoms with E-state index in [1.807, 2.05) is 5.38 Å². The molecule has 90 valence electrons. The molecule has 2 aromatic heterocycles. The van der Waals surface area contributed by atoms with E-state index in [2.05, 4.69) is 4.98 Å². The quantitative estimate of drug-likeness (QED) is 0.694. The molecule has 1 aromatic carbocycles. The Bertz CT molecular complexity index is 847. The van der Waals surface area contributed by atoms with Crippen LogP contribution in [0, 0.1) is 4.77 Å². The van der Waals surface area contributed by atoms with Gasteiger partial charge in [0.15, 0.2) is 4.77 Å². The van der Waals surface area contributed by atoms with E-state index in [0.717, 1.165) is 4.83 Å². The Morgan fingerprint density at radius 2 is 2.17 bits per heavy atom.